The smallest absolute Gasteiger partial charge is 0.194 e. The molecule has 0 saturated carbocycles. The molecule has 0 bridgehead atoms. The van der Waals surface area contributed by atoms with Crippen LogP contribution in [0.5, 0.6) is 0 Å². The van der Waals surface area contributed by atoms with Gasteiger partial charge >= 0.3 is 0 Å². The highest BCUT2D eigenvalue weighted by Gasteiger charge is 2.08. The first kappa shape index (κ1) is 18.6. The van der Waals surface area contributed by atoms with Gasteiger partial charge in [-0.05, 0) is 36.2 Å². The van der Waals surface area contributed by atoms with Gasteiger partial charge in [-0.3, -0.25) is 5.10 Å². The summed E-state index contributed by atoms with van der Waals surface area (Å²) in [6, 6.07) is 14.6. The highest BCUT2D eigenvalue weighted by Crippen LogP contribution is 2.16. The van der Waals surface area contributed by atoms with Gasteiger partial charge in [0.15, 0.2) is 11.8 Å². The molecule has 0 aliphatic heterocycles. The van der Waals surface area contributed by atoms with E-state index in [9.17, 15) is 4.39 Å². The van der Waals surface area contributed by atoms with Crippen LogP contribution >= 0.6 is 0 Å². The monoisotopic (exact) mass is 366 g/mol. The van der Waals surface area contributed by atoms with Gasteiger partial charge in [0.1, 0.15) is 12.1 Å². The Kier molecular flexibility index (Phi) is 6.14. The van der Waals surface area contributed by atoms with Gasteiger partial charge in [-0.25, -0.2) is 14.4 Å². The Morgan fingerprint density at radius 2 is 2.00 bits per heavy atom. The summed E-state index contributed by atoms with van der Waals surface area (Å²) in [6.45, 7) is 3.88. The van der Waals surface area contributed by atoms with E-state index in [0.29, 0.717) is 13.1 Å². The van der Waals surface area contributed by atoms with Crippen molar-refractivity contribution < 1.29 is 4.39 Å². The van der Waals surface area contributed by atoms with Gasteiger partial charge in [-0.1, -0.05) is 30.3 Å². The van der Waals surface area contributed by atoms with Gasteiger partial charge in [-0.2, -0.15) is 5.10 Å². The molecule has 0 radical (unpaired) electrons. The number of nitrogens with one attached hydrogen (secondary N) is 2. The lowest BCUT2D eigenvalue weighted by Crippen LogP contribution is -2.38. The number of halogens is 1. The number of aromatic nitrogens is 3. The van der Waals surface area contributed by atoms with E-state index in [4.69, 9.17) is 4.99 Å². The normalized spacial score (nSPS) is 11.4. The third-order valence-corrected chi connectivity index (χ3v) is 4.03. The first-order chi connectivity index (χ1) is 13.2. The Balaban J connectivity index is 1.72. The Morgan fingerprint density at radius 1 is 1.19 bits per heavy atom. The molecule has 0 atom stereocenters. The number of rotatable bonds is 6. The van der Waals surface area contributed by atoms with Crippen LogP contribution in [0.3, 0.4) is 0 Å². The summed E-state index contributed by atoms with van der Waals surface area (Å²) in [5.74, 6) is 1.27. The molecular formula is C20H23FN6. The average molecular weight is 366 g/mol. The van der Waals surface area contributed by atoms with Gasteiger partial charge in [0, 0.05) is 25.7 Å². The Labute approximate surface area is 158 Å². The molecule has 1 heterocycles. The quantitative estimate of drug-likeness (QED) is 0.519. The van der Waals surface area contributed by atoms with Crippen LogP contribution in [0.4, 0.5) is 4.39 Å². The lowest BCUT2D eigenvalue weighted by atomic mass is 10.1. The largest absolute Gasteiger partial charge is 0.357 e. The molecule has 27 heavy (non-hydrogen) atoms. The van der Waals surface area contributed by atoms with Crippen molar-refractivity contribution in [3.8, 4) is 11.4 Å². The molecule has 7 heteroatoms. The zero-order chi connectivity index (χ0) is 19.1. The van der Waals surface area contributed by atoms with E-state index in [0.717, 1.165) is 35.0 Å². The summed E-state index contributed by atoms with van der Waals surface area (Å²) in [5, 5.41) is 10.0. The highest BCUT2D eigenvalue weighted by atomic mass is 19.1. The molecular weight excluding hydrogens is 343 g/mol. The van der Waals surface area contributed by atoms with E-state index in [1.807, 2.05) is 49.2 Å². The summed E-state index contributed by atoms with van der Waals surface area (Å²) in [6.07, 6.45) is 1.49. The van der Waals surface area contributed by atoms with Crippen LogP contribution in [-0.4, -0.2) is 39.6 Å². The minimum absolute atomic E-state index is 0.230. The van der Waals surface area contributed by atoms with E-state index < -0.39 is 0 Å². The Hall–Kier alpha value is -3.22. The van der Waals surface area contributed by atoms with Crippen molar-refractivity contribution in [3.63, 3.8) is 0 Å². The minimum Gasteiger partial charge on any atom is -0.357 e. The molecule has 0 aliphatic rings. The SMILES string of the molecule is CCNC(=NCc1cccc(-c2ncn[nH]2)c1)N(C)Cc1cccc(F)c1. The minimum atomic E-state index is -0.230. The molecule has 3 aromatic rings. The zero-order valence-corrected chi connectivity index (χ0v) is 15.5. The molecule has 0 saturated heterocycles. The molecule has 2 aromatic carbocycles. The van der Waals surface area contributed by atoms with E-state index in [1.165, 1.54) is 12.4 Å². The summed E-state index contributed by atoms with van der Waals surface area (Å²) in [7, 11) is 1.94. The highest BCUT2D eigenvalue weighted by molar-refractivity contribution is 5.79. The van der Waals surface area contributed by atoms with Crippen molar-refractivity contribution in [2.75, 3.05) is 13.6 Å². The van der Waals surface area contributed by atoms with Crippen molar-refractivity contribution in [3.05, 3.63) is 71.8 Å². The van der Waals surface area contributed by atoms with Crippen LogP contribution in [0.25, 0.3) is 11.4 Å². The van der Waals surface area contributed by atoms with Crippen molar-refractivity contribution in [2.45, 2.75) is 20.0 Å². The average Bonchev–Trinajstić information content (AvgIpc) is 3.20. The van der Waals surface area contributed by atoms with Crippen LogP contribution in [0.1, 0.15) is 18.1 Å². The number of hydrogen-bond acceptors (Lipinski definition) is 3. The molecule has 0 unspecified atom stereocenters. The predicted molar refractivity (Wildman–Crippen MR) is 105 cm³/mol. The number of nitrogens with zero attached hydrogens (tertiary/aromatic N) is 4. The van der Waals surface area contributed by atoms with Gasteiger partial charge in [-0.15, -0.1) is 0 Å². The second kappa shape index (κ2) is 8.93. The third-order valence-electron chi connectivity index (χ3n) is 4.03. The second-order valence-electron chi connectivity index (χ2n) is 6.19. The van der Waals surface area contributed by atoms with E-state index in [1.54, 1.807) is 12.1 Å². The standard InChI is InChI=1S/C20H23FN6/c1-3-22-20(27(2)13-16-7-5-9-18(21)11-16)23-12-15-6-4-8-17(10-15)19-24-14-25-26-19/h4-11,14H,3,12-13H2,1-2H3,(H,22,23)(H,24,25,26). The first-order valence-corrected chi connectivity index (χ1v) is 8.84. The maximum Gasteiger partial charge on any atom is 0.194 e. The topological polar surface area (TPSA) is 69.2 Å². The van der Waals surface area contributed by atoms with E-state index >= 15 is 0 Å². The molecule has 140 valence electrons. The van der Waals surface area contributed by atoms with Gasteiger partial charge in [0.2, 0.25) is 0 Å². The van der Waals surface area contributed by atoms with Crippen molar-refractivity contribution in [1.29, 1.82) is 0 Å². The number of aromatic amines is 1. The van der Waals surface area contributed by atoms with Gasteiger partial charge < -0.3 is 10.2 Å². The number of hydrogen-bond donors (Lipinski definition) is 2. The van der Waals surface area contributed by atoms with Gasteiger partial charge in [0.05, 0.1) is 6.54 Å². The van der Waals surface area contributed by atoms with Crippen LogP contribution in [0.2, 0.25) is 0 Å². The summed E-state index contributed by atoms with van der Waals surface area (Å²) in [4.78, 5) is 10.9. The number of benzene rings is 2. The van der Waals surface area contributed by atoms with Gasteiger partial charge in [0.25, 0.3) is 0 Å². The Bertz CT molecular complexity index is 891. The van der Waals surface area contributed by atoms with E-state index in [-0.39, 0.29) is 5.82 Å². The summed E-state index contributed by atoms with van der Waals surface area (Å²) < 4.78 is 13.4. The van der Waals surface area contributed by atoms with Crippen molar-refractivity contribution in [1.82, 2.24) is 25.4 Å². The fourth-order valence-electron chi connectivity index (χ4n) is 2.78. The zero-order valence-electron chi connectivity index (χ0n) is 15.5. The third kappa shape index (κ3) is 5.13. The number of guanidine groups is 1. The number of H-pyrrole nitrogens is 1. The van der Waals surface area contributed by atoms with Crippen molar-refractivity contribution in [2.24, 2.45) is 4.99 Å². The molecule has 0 amide bonds. The number of aliphatic imine (C=N–C) groups is 1. The lowest BCUT2D eigenvalue weighted by molar-refractivity contribution is 0.475. The summed E-state index contributed by atoms with van der Waals surface area (Å²) >= 11 is 0. The summed E-state index contributed by atoms with van der Waals surface area (Å²) in [5.41, 5.74) is 2.94. The maximum absolute atomic E-state index is 13.4. The van der Waals surface area contributed by atoms with Crippen LogP contribution in [-0.2, 0) is 13.1 Å². The molecule has 2 N–H and O–H groups in total. The fourth-order valence-corrected chi connectivity index (χ4v) is 2.78. The molecule has 0 fully saturated rings. The Morgan fingerprint density at radius 3 is 2.74 bits per heavy atom. The first-order valence-electron chi connectivity index (χ1n) is 8.84. The molecule has 0 spiro atoms. The molecule has 1 aromatic heterocycles. The molecule has 6 nitrogen and oxygen atoms in total. The molecule has 0 aliphatic carbocycles. The fraction of sp³-hybridized carbons (Fsp3) is 0.250. The van der Waals surface area contributed by atoms with E-state index in [2.05, 4.69) is 20.5 Å². The van der Waals surface area contributed by atoms with Crippen LogP contribution in [0, 0.1) is 5.82 Å². The lowest BCUT2D eigenvalue weighted by Gasteiger charge is -2.22. The maximum atomic E-state index is 13.4. The second-order valence-corrected chi connectivity index (χ2v) is 6.19. The van der Waals surface area contributed by atoms with Crippen LogP contribution < -0.4 is 5.32 Å². The van der Waals surface area contributed by atoms with Crippen LogP contribution in [0.15, 0.2) is 59.9 Å². The molecule has 3 rings (SSSR count). The van der Waals surface area contributed by atoms with Crippen molar-refractivity contribution >= 4 is 5.96 Å². The predicted octanol–water partition coefficient (Wildman–Crippen LogP) is 3.21.